The summed E-state index contributed by atoms with van der Waals surface area (Å²) in [6, 6.07) is 5.62. The first-order chi connectivity index (χ1) is 11.6. The van der Waals surface area contributed by atoms with Gasteiger partial charge in [0.05, 0.1) is 19.9 Å². The number of carbonyl (C=O) groups excluding carboxylic acids is 1. The molecule has 1 aromatic heterocycles. The van der Waals surface area contributed by atoms with Gasteiger partial charge < -0.3 is 14.8 Å². The summed E-state index contributed by atoms with van der Waals surface area (Å²) in [5.74, 6) is 1.36. The van der Waals surface area contributed by atoms with Crippen molar-refractivity contribution < 1.29 is 14.3 Å². The van der Waals surface area contributed by atoms with Crippen LogP contribution in [0.4, 0.5) is 0 Å². The molecule has 6 heteroatoms. The van der Waals surface area contributed by atoms with Crippen molar-refractivity contribution in [1.29, 1.82) is 0 Å². The Labute approximate surface area is 142 Å². The summed E-state index contributed by atoms with van der Waals surface area (Å²) < 4.78 is 12.4. The Morgan fingerprint density at radius 1 is 1.25 bits per heavy atom. The number of amides is 1. The van der Waals surface area contributed by atoms with Crippen molar-refractivity contribution in [3.8, 4) is 11.5 Å². The standard InChI is InChI=1S/C18H25N3O3/c1-5-21-12-15(13(2)20-21)7-9-18(22)19-11-14-6-8-16(23-3)17(10-14)24-4/h6,8,10,12H,5,7,9,11H2,1-4H3,(H,19,22). The zero-order chi connectivity index (χ0) is 17.5. The number of aromatic nitrogens is 2. The lowest BCUT2D eigenvalue weighted by Crippen LogP contribution is -2.23. The fraction of sp³-hybridized carbons (Fsp3) is 0.444. The van der Waals surface area contributed by atoms with Gasteiger partial charge in [-0.1, -0.05) is 6.07 Å². The summed E-state index contributed by atoms with van der Waals surface area (Å²) in [7, 11) is 3.20. The number of methoxy groups -OCH3 is 2. The Bertz CT molecular complexity index is 695. The number of nitrogens with zero attached hydrogens (tertiary/aromatic N) is 2. The van der Waals surface area contributed by atoms with Crippen molar-refractivity contribution in [3.05, 3.63) is 41.2 Å². The highest BCUT2D eigenvalue weighted by molar-refractivity contribution is 5.76. The molecule has 2 aromatic rings. The van der Waals surface area contributed by atoms with Gasteiger partial charge in [-0.15, -0.1) is 0 Å². The first-order valence-electron chi connectivity index (χ1n) is 8.07. The molecule has 1 N–H and O–H groups in total. The molecule has 0 radical (unpaired) electrons. The molecule has 1 aromatic carbocycles. The summed E-state index contributed by atoms with van der Waals surface area (Å²) in [4.78, 5) is 12.1. The molecule has 0 saturated carbocycles. The molecule has 130 valence electrons. The molecule has 24 heavy (non-hydrogen) atoms. The van der Waals surface area contributed by atoms with E-state index in [-0.39, 0.29) is 5.91 Å². The molecule has 2 rings (SSSR count). The normalized spacial score (nSPS) is 10.5. The van der Waals surface area contributed by atoms with Crippen LogP contribution in [-0.2, 0) is 24.3 Å². The van der Waals surface area contributed by atoms with Crippen molar-refractivity contribution in [2.45, 2.75) is 39.8 Å². The van der Waals surface area contributed by atoms with Crippen molar-refractivity contribution in [1.82, 2.24) is 15.1 Å². The number of hydrogen-bond donors (Lipinski definition) is 1. The number of nitrogens with one attached hydrogen (secondary N) is 1. The van der Waals surface area contributed by atoms with E-state index in [0.29, 0.717) is 30.9 Å². The van der Waals surface area contributed by atoms with Gasteiger partial charge in [-0.05, 0) is 43.5 Å². The number of benzene rings is 1. The average Bonchev–Trinajstić information content (AvgIpc) is 2.97. The van der Waals surface area contributed by atoms with E-state index in [1.807, 2.05) is 42.9 Å². The van der Waals surface area contributed by atoms with Gasteiger partial charge in [-0.3, -0.25) is 9.48 Å². The Morgan fingerprint density at radius 3 is 2.62 bits per heavy atom. The van der Waals surface area contributed by atoms with E-state index < -0.39 is 0 Å². The van der Waals surface area contributed by atoms with Crippen LogP contribution in [-0.4, -0.2) is 29.9 Å². The lowest BCUT2D eigenvalue weighted by atomic mass is 10.1. The third-order valence-corrected chi connectivity index (χ3v) is 3.93. The van der Waals surface area contributed by atoms with Crippen LogP contribution in [0.25, 0.3) is 0 Å². The van der Waals surface area contributed by atoms with Gasteiger partial charge in [-0.2, -0.15) is 5.10 Å². The molecule has 0 aliphatic rings. The second-order valence-corrected chi connectivity index (χ2v) is 5.56. The fourth-order valence-corrected chi connectivity index (χ4v) is 2.49. The molecule has 0 spiro atoms. The van der Waals surface area contributed by atoms with Crippen LogP contribution in [0.2, 0.25) is 0 Å². The Kier molecular flexibility index (Phi) is 6.23. The third kappa shape index (κ3) is 4.50. The maximum Gasteiger partial charge on any atom is 0.220 e. The van der Waals surface area contributed by atoms with E-state index in [1.54, 1.807) is 14.2 Å². The minimum absolute atomic E-state index is 0.0217. The fourth-order valence-electron chi connectivity index (χ4n) is 2.49. The van der Waals surface area contributed by atoms with Crippen LogP contribution in [0.15, 0.2) is 24.4 Å². The summed E-state index contributed by atoms with van der Waals surface area (Å²) in [5.41, 5.74) is 3.08. The van der Waals surface area contributed by atoms with Crippen molar-refractivity contribution in [2.75, 3.05) is 14.2 Å². The number of ether oxygens (including phenoxy) is 2. The maximum absolute atomic E-state index is 12.1. The zero-order valence-corrected chi connectivity index (χ0v) is 14.8. The Morgan fingerprint density at radius 2 is 2.00 bits per heavy atom. The highest BCUT2D eigenvalue weighted by Gasteiger charge is 2.09. The molecule has 0 saturated heterocycles. The smallest absolute Gasteiger partial charge is 0.220 e. The SMILES string of the molecule is CCn1cc(CCC(=O)NCc2ccc(OC)c(OC)c2)c(C)n1. The topological polar surface area (TPSA) is 65.4 Å². The monoisotopic (exact) mass is 331 g/mol. The number of hydrogen-bond acceptors (Lipinski definition) is 4. The molecule has 1 amide bonds. The minimum atomic E-state index is 0.0217. The average molecular weight is 331 g/mol. The van der Waals surface area contributed by atoms with Gasteiger partial charge in [0.2, 0.25) is 5.91 Å². The second kappa shape index (κ2) is 8.38. The van der Waals surface area contributed by atoms with E-state index in [4.69, 9.17) is 9.47 Å². The number of aryl methyl sites for hydroxylation is 3. The van der Waals surface area contributed by atoms with Gasteiger partial charge in [0.15, 0.2) is 11.5 Å². The largest absolute Gasteiger partial charge is 0.493 e. The molecule has 0 unspecified atom stereocenters. The van der Waals surface area contributed by atoms with Crippen LogP contribution in [0.5, 0.6) is 11.5 Å². The summed E-state index contributed by atoms with van der Waals surface area (Å²) >= 11 is 0. The predicted octanol–water partition coefficient (Wildman–Crippen LogP) is 2.48. The lowest BCUT2D eigenvalue weighted by molar-refractivity contribution is -0.121. The van der Waals surface area contributed by atoms with E-state index in [2.05, 4.69) is 10.4 Å². The highest BCUT2D eigenvalue weighted by atomic mass is 16.5. The quantitative estimate of drug-likeness (QED) is 0.807. The second-order valence-electron chi connectivity index (χ2n) is 5.56. The summed E-state index contributed by atoms with van der Waals surface area (Å²) in [6.07, 6.45) is 3.16. The van der Waals surface area contributed by atoms with E-state index in [0.717, 1.165) is 23.4 Å². The van der Waals surface area contributed by atoms with Crippen LogP contribution < -0.4 is 14.8 Å². The minimum Gasteiger partial charge on any atom is -0.493 e. The lowest BCUT2D eigenvalue weighted by Gasteiger charge is -2.10. The van der Waals surface area contributed by atoms with Gasteiger partial charge in [0, 0.05) is 25.7 Å². The maximum atomic E-state index is 12.1. The van der Waals surface area contributed by atoms with E-state index in [1.165, 1.54) is 0 Å². The van der Waals surface area contributed by atoms with Gasteiger partial charge in [0.25, 0.3) is 0 Å². The Hall–Kier alpha value is -2.50. The van der Waals surface area contributed by atoms with Crippen molar-refractivity contribution in [3.63, 3.8) is 0 Å². The predicted molar refractivity (Wildman–Crippen MR) is 92.4 cm³/mol. The van der Waals surface area contributed by atoms with Crippen molar-refractivity contribution in [2.24, 2.45) is 0 Å². The number of rotatable bonds is 8. The zero-order valence-electron chi connectivity index (χ0n) is 14.8. The van der Waals surface area contributed by atoms with Crippen LogP contribution >= 0.6 is 0 Å². The first kappa shape index (κ1) is 17.8. The highest BCUT2D eigenvalue weighted by Crippen LogP contribution is 2.27. The molecular formula is C18H25N3O3. The molecule has 0 atom stereocenters. The molecular weight excluding hydrogens is 306 g/mol. The van der Waals surface area contributed by atoms with Crippen molar-refractivity contribution >= 4 is 5.91 Å². The van der Waals surface area contributed by atoms with Crippen LogP contribution in [0.1, 0.15) is 30.2 Å². The van der Waals surface area contributed by atoms with Gasteiger partial charge in [0.1, 0.15) is 0 Å². The summed E-state index contributed by atoms with van der Waals surface area (Å²) in [6.45, 7) is 5.33. The van der Waals surface area contributed by atoms with Crippen LogP contribution in [0, 0.1) is 6.92 Å². The van der Waals surface area contributed by atoms with E-state index >= 15 is 0 Å². The molecule has 0 aliphatic carbocycles. The first-order valence-corrected chi connectivity index (χ1v) is 8.07. The molecule has 0 aliphatic heterocycles. The van der Waals surface area contributed by atoms with E-state index in [9.17, 15) is 4.79 Å². The molecule has 1 heterocycles. The number of carbonyl (C=O) groups is 1. The summed E-state index contributed by atoms with van der Waals surface area (Å²) in [5, 5.41) is 7.33. The van der Waals surface area contributed by atoms with Gasteiger partial charge >= 0.3 is 0 Å². The third-order valence-electron chi connectivity index (χ3n) is 3.93. The van der Waals surface area contributed by atoms with Gasteiger partial charge in [-0.25, -0.2) is 0 Å². The molecule has 0 fully saturated rings. The van der Waals surface area contributed by atoms with Crippen LogP contribution in [0.3, 0.4) is 0 Å². The Balaban J connectivity index is 1.85. The molecule has 0 bridgehead atoms. The molecule has 6 nitrogen and oxygen atoms in total.